The Hall–Kier alpha value is -1.59. The van der Waals surface area contributed by atoms with E-state index in [-0.39, 0.29) is 18.0 Å². The summed E-state index contributed by atoms with van der Waals surface area (Å²) in [5.74, 6) is 0.0777. The van der Waals surface area contributed by atoms with Gasteiger partial charge in [0.1, 0.15) is 6.04 Å². The molecule has 6 heteroatoms. The first-order valence-corrected chi connectivity index (χ1v) is 7.67. The number of nitrogens with one attached hydrogen (secondary N) is 1. The Morgan fingerprint density at radius 1 is 1.43 bits per heavy atom. The fraction of sp³-hybridized carbons (Fsp3) is 0.333. The van der Waals surface area contributed by atoms with E-state index in [0.29, 0.717) is 16.6 Å². The second kappa shape index (κ2) is 4.21. The summed E-state index contributed by atoms with van der Waals surface area (Å²) in [7, 11) is 1.75. The highest BCUT2D eigenvalue weighted by Gasteiger charge is 2.47. The van der Waals surface area contributed by atoms with Gasteiger partial charge in [0.05, 0.1) is 6.04 Å². The molecule has 0 saturated carbocycles. The second-order valence-electron chi connectivity index (χ2n) is 5.69. The number of likely N-dealkylation sites (N-methyl/N-ethyl adjacent to an activating group) is 1. The number of H-pyrrole nitrogens is 1. The van der Waals surface area contributed by atoms with Crippen LogP contribution in [-0.2, 0) is 11.2 Å². The lowest BCUT2D eigenvalue weighted by Gasteiger charge is -2.34. The van der Waals surface area contributed by atoms with Crippen molar-refractivity contribution in [2.24, 2.45) is 0 Å². The number of rotatable bonds is 0. The number of aromatic nitrogens is 1. The van der Waals surface area contributed by atoms with Crippen LogP contribution in [0.3, 0.4) is 0 Å². The van der Waals surface area contributed by atoms with E-state index in [2.05, 4.69) is 11.9 Å². The molecule has 1 amide bonds. The Morgan fingerprint density at radius 2 is 2.19 bits per heavy atom. The van der Waals surface area contributed by atoms with Gasteiger partial charge in [0.25, 0.3) is 5.91 Å². The molecule has 0 aliphatic carbocycles. The number of thiocarbonyl (C=S) groups is 1. The number of aromatic amines is 1. The molecule has 3 heterocycles. The number of hydrogen-bond donors (Lipinski definition) is 1. The summed E-state index contributed by atoms with van der Waals surface area (Å²) in [6, 6.07) is 5.70. The fourth-order valence-electron chi connectivity index (χ4n) is 3.51. The molecule has 0 radical (unpaired) electrons. The lowest BCUT2D eigenvalue weighted by atomic mass is 9.93. The van der Waals surface area contributed by atoms with Crippen molar-refractivity contribution in [1.29, 1.82) is 0 Å². The SMILES string of the molecule is C[C@H]1c2[nH]c3ccc(Cl)cc3c2C[C@@H]2C(=O)N(C)C(=S)N21. The number of hydrogen-bond acceptors (Lipinski definition) is 2. The number of halogens is 1. The van der Waals surface area contributed by atoms with Crippen molar-refractivity contribution in [3.63, 3.8) is 0 Å². The molecule has 2 atom stereocenters. The van der Waals surface area contributed by atoms with Crippen LogP contribution < -0.4 is 0 Å². The van der Waals surface area contributed by atoms with Crippen LogP contribution in [0.5, 0.6) is 0 Å². The van der Waals surface area contributed by atoms with Crippen LogP contribution in [0.15, 0.2) is 18.2 Å². The smallest absolute Gasteiger partial charge is 0.251 e. The molecule has 1 N–H and O–H groups in total. The molecule has 0 spiro atoms. The topological polar surface area (TPSA) is 39.3 Å². The van der Waals surface area contributed by atoms with E-state index in [1.807, 2.05) is 23.1 Å². The minimum absolute atomic E-state index is 0.0614. The van der Waals surface area contributed by atoms with E-state index in [4.69, 9.17) is 23.8 Å². The number of carbonyl (C=O) groups is 1. The predicted molar refractivity (Wildman–Crippen MR) is 86.4 cm³/mol. The Morgan fingerprint density at radius 3 is 2.95 bits per heavy atom. The largest absolute Gasteiger partial charge is 0.356 e. The van der Waals surface area contributed by atoms with Crippen molar-refractivity contribution < 1.29 is 4.79 Å². The van der Waals surface area contributed by atoms with E-state index in [9.17, 15) is 4.79 Å². The standard InChI is InChI=1S/C15H14ClN3OS/c1-7-13-10(9-5-8(16)3-4-11(9)17-13)6-12-14(20)18(2)15(21)19(7)12/h3-5,7,12,17H,6H2,1-2H3/t7-,12+/m0/s1. The number of fused-ring (bicyclic) bond motifs is 4. The summed E-state index contributed by atoms with van der Waals surface area (Å²) < 4.78 is 0. The number of nitrogens with zero attached hydrogens (tertiary/aromatic N) is 2. The molecule has 4 nitrogen and oxygen atoms in total. The first-order chi connectivity index (χ1) is 9.99. The van der Waals surface area contributed by atoms with Crippen LogP contribution in [0, 0.1) is 0 Å². The first kappa shape index (κ1) is 13.1. The van der Waals surface area contributed by atoms with Gasteiger partial charge in [-0.15, -0.1) is 0 Å². The Balaban J connectivity index is 1.92. The lowest BCUT2D eigenvalue weighted by Crippen LogP contribution is -2.42. The van der Waals surface area contributed by atoms with Gasteiger partial charge in [-0.05, 0) is 42.9 Å². The number of amides is 1. The van der Waals surface area contributed by atoms with Crippen molar-refractivity contribution in [3.05, 3.63) is 34.5 Å². The van der Waals surface area contributed by atoms with Crippen molar-refractivity contribution in [1.82, 2.24) is 14.8 Å². The van der Waals surface area contributed by atoms with Gasteiger partial charge in [0.2, 0.25) is 0 Å². The molecule has 1 saturated heterocycles. The molecule has 1 fully saturated rings. The van der Waals surface area contributed by atoms with Gasteiger partial charge in [-0.1, -0.05) is 11.6 Å². The minimum atomic E-state index is -0.192. The third kappa shape index (κ3) is 1.61. The van der Waals surface area contributed by atoms with Crippen LogP contribution >= 0.6 is 23.8 Å². The lowest BCUT2D eigenvalue weighted by molar-refractivity contribution is -0.127. The van der Waals surface area contributed by atoms with Crippen LogP contribution in [0.4, 0.5) is 0 Å². The number of carbonyl (C=O) groups excluding carboxylic acids is 1. The molecular formula is C15H14ClN3OS. The zero-order valence-electron chi connectivity index (χ0n) is 11.7. The zero-order chi connectivity index (χ0) is 14.9. The van der Waals surface area contributed by atoms with Gasteiger partial charge in [0.15, 0.2) is 5.11 Å². The zero-order valence-corrected chi connectivity index (χ0v) is 13.3. The highest BCUT2D eigenvalue weighted by molar-refractivity contribution is 7.80. The highest BCUT2D eigenvalue weighted by Crippen LogP contribution is 2.40. The third-order valence-corrected chi connectivity index (χ3v) is 5.31. The third-order valence-electron chi connectivity index (χ3n) is 4.59. The average molecular weight is 320 g/mol. The summed E-state index contributed by atoms with van der Waals surface area (Å²) >= 11 is 11.5. The molecule has 1 aromatic carbocycles. The van der Waals surface area contributed by atoms with E-state index in [1.165, 1.54) is 5.56 Å². The first-order valence-electron chi connectivity index (χ1n) is 6.89. The van der Waals surface area contributed by atoms with Crippen LogP contribution in [0.2, 0.25) is 5.02 Å². The molecule has 0 bridgehead atoms. The predicted octanol–water partition coefficient (Wildman–Crippen LogP) is 2.87. The summed E-state index contributed by atoms with van der Waals surface area (Å²) in [6.07, 6.45) is 0.670. The van der Waals surface area contributed by atoms with Gasteiger partial charge < -0.3 is 9.88 Å². The maximum absolute atomic E-state index is 12.4. The highest BCUT2D eigenvalue weighted by atomic mass is 35.5. The molecule has 4 rings (SSSR count). The molecular weight excluding hydrogens is 306 g/mol. The van der Waals surface area contributed by atoms with Gasteiger partial charge >= 0.3 is 0 Å². The molecule has 2 aliphatic heterocycles. The fourth-order valence-corrected chi connectivity index (χ4v) is 4.06. The minimum Gasteiger partial charge on any atom is -0.356 e. The van der Waals surface area contributed by atoms with Crippen molar-refractivity contribution in [2.45, 2.75) is 25.4 Å². The Kier molecular flexibility index (Phi) is 2.63. The van der Waals surface area contributed by atoms with Gasteiger partial charge in [-0.2, -0.15) is 0 Å². The molecule has 1 aromatic heterocycles. The molecule has 21 heavy (non-hydrogen) atoms. The molecule has 0 unspecified atom stereocenters. The van der Waals surface area contributed by atoms with Crippen LogP contribution in [0.25, 0.3) is 10.9 Å². The average Bonchev–Trinajstić information content (AvgIpc) is 2.92. The molecule has 2 aromatic rings. The van der Waals surface area contributed by atoms with Gasteiger partial charge in [-0.25, -0.2) is 0 Å². The molecule has 108 valence electrons. The van der Waals surface area contributed by atoms with E-state index >= 15 is 0 Å². The van der Waals surface area contributed by atoms with E-state index in [0.717, 1.165) is 16.6 Å². The summed E-state index contributed by atoms with van der Waals surface area (Å²) in [5.41, 5.74) is 3.38. The van der Waals surface area contributed by atoms with E-state index in [1.54, 1.807) is 11.9 Å². The van der Waals surface area contributed by atoms with Gasteiger partial charge in [0, 0.05) is 35.1 Å². The van der Waals surface area contributed by atoms with Crippen molar-refractivity contribution in [2.75, 3.05) is 7.05 Å². The monoisotopic (exact) mass is 319 g/mol. The van der Waals surface area contributed by atoms with Crippen LogP contribution in [0.1, 0.15) is 24.2 Å². The molecule has 2 aliphatic rings. The number of benzene rings is 1. The van der Waals surface area contributed by atoms with Crippen LogP contribution in [-0.4, -0.2) is 38.9 Å². The maximum atomic E-state index is 12.4. The summed E-state index contributed by atoms with van der Waals surface area (Å²) in [4.78, 5) is 19.5. The Labute approximate surface area is 132 Å². The quantitative estimate of drug-likeness (QED) is 0.759. The maximum Gasteiger partial charge on any atom is 0.251 e. The Bertz CT molecular complexity index is 800. The summed E-state index contributed by atoms with van der Waals surface area (Å²) in [5, 5.41) is 2.43. The normalized spacial score (nSPS) is 24.7. The van der Waals surface area contributed by atoms with Crippen molar-refractivity contribution in [3.8, 4) is 0 Å². The van der Waals surface area contributed by atoms with E-state index < -0.39 is 0 Å². The van der Waals surface area contributed by atoms with Gasteiger partial charge in [-0.3, -0.25) is 9.69 Å². The summed E-state index contributed by atoms with van der Waals surface area (Å²) in [6.45, 7) is 2.08. The second-order valence-corrected chi connectivity index (χ2v) is 6.49. The van der Waals surface area contributed by atoms with Crippen molar-refractivity contribution >= 4 is 45.7 Å².